The lowest BCUT2D eigenvalue weighted by Crippen LogP contribution is -2.48. The van der Waals surface area contributed by atoms with E-state index >= 15 is 0 Å². The van der Waals surface area contributed by atoms with Crippen molar-refractivity contribution in [3.8, 4) is 11.4 Å². The van der Waals surface area contributed by atoms with E-state index in [-0.39, 0.29) is 17.7 Å². The van der Waals surface area contributed by atoms with Crippen molar-refractivity contribution in [1.29, 1.82) is 0 Å². The van der Waals surface area contributed by atoms with Crippen LogP contribution in [-0.2, 0) is 11.3 Å². The fourth-order valence-electron chi connectivity index (χ4n) is 4.15. The van der Waals surface area contributed by atoms with Gasteiger partial charge < -0.3 is 9.73 Å². The molecule has 174 valence electrons. The SMILES string of the molecule is Cc1occc1-c1nnc(SCC(=O)NC(=O)NC2CCCCC2C)n1Cc1ccccc1. The highest BCUT2D eigenvalue weighted by Crippen LogP contribution is 2.28. The number of furan rings is 1. The lowest BCUT2D eigenvalue weighted by Gasteiger charge is -2.29. The summed E-state index contributed by atoms with van der Waals surface area (Å²) < 4.78 is 7.42. The van der Waals surface area contributed by atoms with Crippen LogP contribution in [-0.4, -0.2) is 38.5 Å². The number of carbonyl (C=O) groups excluding carboxylic acids is 2. The molecule has 3 aromatic rings. The Bertz CT molecular complexity index is 1090. The van der Waals surface area contributed by atoms with E-state index in [4.69, 9.17) is 4.42 Å². The molecular formula is C24H29N5O3S. The number of hydrogen-bond donors (Lipinski definition) is 2. The van der Waals surface area contributed by atoms with E-state index in [1.807, 2.05) is 47.9 Å². The summed E-state index contributed by atoms with van der Waals surface area (Å²) in [7, 11) is 0. The maximum atomic E-state index is 12.4. The Balaban J connectivity index is 1.42. The van der Waals surface area contributed by atoms with Gasteiger partial charge in [-0.05, 0) is 37.3 Å². The smallest absolute Gasteiger partial charge is 0.321 e. The normalized spacial score (nSPS) is 18.1. The van der Waals surface area contributed by atoms with Crippen LogP contribution in [0, 0.1) is 12.8 Å². The molecule has 0 radical (unpaired) electrons. The van der Waals surface area contributed by atoms with E-state index in [1.165, 1.54) is 18.2 Å². The minimum atomic E-state index is -0.431. The van der Waals surface area contributed by atoms with Gasteiger partial charge in [-0.2, -0.15) is 0 Å². The molecule has 2 N–H and O–H groups in total. The number of benzene rings is 1. The lowest BCUT2D eigenvalue weighted by atomic mass is 9.86. The van der Waals surface area contributed by atoms with Gasteiger partial charge in [-0.3, -0.25) is 14.7 Å². The molecule has 33 heavy (non-hydrogen) atoms. The first kappa shape index (κ1) is 23.1. The van der Waals surface area contributed by atoms with Crippen molar-refractivity contribution in [2.45, 2.75) is 57.3 Å². The van der Waals surface area contributed by atoms with Crippen molar-refractivity contribution in [3.63, 3.8) is 0 Å². The van der Waals surface area contributed by atoms with Crippen molar-refractivity contribution < 1.29 is 14.0 Å². The molecule has 3 amide bonds. The Labute approximate surface area is 197 Å². The number of urea groups is 1. The maximum absolute atomic E-state index is 12.4. The average Bonchev–Trinajstić information content (AvgIpc) is 3.40. The first-order valence-corrected chi connectivity index (χ1v) is 12.2. The molecule has 1 aliphatic rings. The fraction of sp³-hybridized carbons (Fsp3) is 0.417. The number of aromatic nitrogens is 3. The zero-order valence-electron chi connectivity index (χ0n) is 18.9. The molecule has 2 aromatic heterocycles. The predicted octanol–water partition coefficient (Wildman–Crippen LogP) is 4.39. The van der Waals surface area contributed by atoms with Gasteiger partial charge in [0.25, 0.3) is 0 Å². The second-order valence-corrected chi connectivity index (χ2v) is 9.39. The number of rotatable bonds is 7. The molecule has 2 unspecified atom stereocenters. The minimum Gasteiger partial charge on any atom is -0.469 e. The number of hydrogen-bond acceptors (Lipinski definition) is 6. The van der Waals surface area contributed by atoms with Crippen LogP contribution < -0.4 is 10.6 Å². The number of nitrogens with one attached hydrogen (secondary N) is 2. The predicted molar refractivity (Wildman–Crippen MR) is 127 cm³/mol. The minimum absolute atomic E-state index is 0.0604. The van der Waals surface area contributed by atoms with Gasteiger partial charge in [-0.25, -0.2) is 4.79 Å². The highest BCUT2D eigenvalue weighted by atomic mass is 32.2. The maximum Gasteiger partial charge on any atom is 0.321 e. The Morgan fingerprint density at radius 2 is 1.94 bits per heavy atom. The molecule has 0 saturated heterocycles. The monoisotopic (exact) mass is 467 g/mol. The Kier molecular flexibility index (Phi) is 7.49. The molecule has 0 bridgehead atoms. The number of thioether (sulfide) groups is 1. The number of amides is 3. The van der Waals surface area contributed by atoms with Crippen LogP contribution in [0.5, 0.6) is 0 Å². The molecule has 1 saturated carbocycles. The fourth-order valence-corrected chi connectivity index (χ4v) is 4.89. The Morgan fingerprint density at radius 3 is 2.67 bits per heavy atom. The molecule has 4 rings (SSSR count). The topological polar surface area (TPSA) is 102 Å². The molecule has 1 aromatic carbocycles. The van der Waals surface area contributed by atoms with Gasteiger partial charge in [0.2, 0.25) is 5.91 Å². The first-order chi connectivity index (χ1) is 16.0. The lowest BCUT2D eigenvalue weighted by molar-refractivity contribution is -0.117. The van der Waals surface area contributed by atoms with Gasteiger partial charge in [0.05, 0.1) is 24.1 Å². The van der Waals surface area contributed by atoms with Crippen LogP contribution in [0.15, 0.2) is 52.2 Å². The quantitative estimate of drug-likeness (QED) is 0.500. The van der Waals surface area contributed by atoms with Crippen molar-refractivity contribution in [2.24, 2.45) is 5.92 Å². The van der Waals surface area contributed by atoms with Crippen molar-refractivity contribution in [3.05, 3.63) is 54.0 Å². The van der Waals surface area contributed by atoms with Crippen LogP contribution >= 0.6 is 11.8 Å². The van der Waals surface area contributed by atoms with Crippen LogP contribution in [0.25, 0.3) is 11.4 Å². The van der Waals surface area contributed by atoms with E-state index in [2.05, 4.69) is 27.8 Å². The van der Waals surface area contributed by atoms with Crippen LogP contribution in [0.3, 0.4) is 0 Å². The Hall–Kier alpha value is -3.07. The van der Waals surface area contributed by atoms with E-state index in [0.29, 0.717) is 23.4 Å². The number of imide groups is 1. The van der Waals surface area contributed by atoms with Crippen LogP contribution in [0.2, 0.25) is 0 Å². The van der Waals surface area contributed by atoms with Crippen molar-refractivity contribution >= 4 is 23.7 Å². The van der Waals surface area contributed by atoms with E-state index in [0.717, 1.165) is 36.1 Å². The van der Waals surface area contributed by atoms with Gasteiger partial charge in [-0.1, -0.05) is 61.9 Å². The summed E-state index contributed by atoms with van der Waals surface area (Å²) in [4.78, 5) is 24.7. The zero-order valence-corrected chi connectivity index (χ0v) is 19.7. The second-order valence-electron chi connectivity index (χ2n) is 8.45. The molecule has 2 atom stereocenters. The first-order valence-electron chi connectivity index (χ1n) is 11.3. The average molecular weight is 468 g/mol. The summed E-state index contributed by atoms with van der Waals surface area (Å²) in [5, 5.41) is 14.7. The number of aryl methyl sites for hydroxylation is 1. The van der Waals surface area contributed by atoms with Gasteiger partial charge in [0, 0.05) is 6.04 Å². The highest BCUT2D eigenvalue weighted by Gasteiger charge is 2.24. The summed E-state index contributed by atoms with van der Waals surface area (Å²) >= 11 is 1.25. The summed E-state index contributed by atoms with van der Waals surface area (Å²) in [6, 6.07) is 11.5. The van der Waals surface area contributed by atoms with Crippen LogP contribution in [0.1, 0.15) is 43.9 Å². The summed E-state index contributed by atoms with van der Waals surface area (Å²) in [6.45, 7) is 4.57. The van der Waals surface area contributed by atoms with E-state index < -0.39 is 6.03 Å². The molecule has 9 heteroatoms. The highest BCUT2D eigenvalue weighted by molar-refractivity contribution is 7.99. The van der Waals surface area contributed by atoms with E-state index in [1.54, 1.807) is 6.26 Å². The molecule has 1 aliphatic carbocycles. The third-order valence-electron chi connectivity index (χ3n) is 6.01. The van der Waals surface area contributed by atoms with Gasteiger partial charge >= 0.3 is 6.03 Å². The summed E-state index contributed by atoms with van der Waals surface area (Å²) in [5.74, 6) is 1.55. The molecule has 0 aliphatic heterocycles. The third-order valence-corrected chi connectivity index (χ3v) is 6.98. The zero-order chi connectivity index (χ0) is 23.2. The second kappa shape index (κ2) is 10.7. The third kappa shape index (κ3) is 5.84. The van der Waals surface area contributed by atoms with Crippen molar-refractivity contribution in [1.82, 2.24) is 25.4 Å². The number of carbonyl (C=O) groups is 2. The Morgan fingerprint density at radius 1 is 1.15 bits per heavy atom. The van der Waals surface area contributed by atoms with Crippen molar-refractivity contribution in [2.75, 3.05) is 5.75 Å². The molecule has 2 heterocycles. The summed E-state index contributed by atoms with van der Waals surface area (Å²) in [5.41, 5.74) is 1.95. The van der Waals surface area contributed by atoms with Crippen LogP contribution in [0.4, 0.5) is 4.79 Å². The molecular weight excluding hydrogens is 438 g/mol. The van der Waals surface area contributed by atoms with E-state index in [9.17, 15) is 9.59 Å². The standard InChI is InChI=1S/C24H29N5O3S/c1-16-8-6-7-11-20(16)25-23(31)26-21(30)15-33-24-28-27-22(19-12-13-32-17(19)2)29(24)14-18-9-4-3-5-10-18/h3-5,9-10,12-13,16,20H,6-8,11,14-15H2,1-2H3,(H2,25,26,30,31). The molecule has 1 fully saturated rings. The van der Waals surface area contributed by atoms with Gasteiger partial charge in [-0.15, -0.1) is 10.2 Å². The largest absolute Gasteiger partial charge is 0.469 e. The molecule has 8 nitrogen and oxygen atoms in total. The molecule has 0 spiro atoms. The summed E-state index contributed by atoms with van der Waals surface area (Å²) in [6.07, 6.45) is 5.98. The van der Waals surface area contributed by atoms with Gasteiger partial charge in [0.15, 0.2) is 11.0 Å². The number of nitrogens with zero attached hydrogens (tertiary/aromatic N) is 3. The van der Waals surface area contributed by atoms with Gasteiger partial charge in [0.1, 0.15) is 5.76 Å².